The molecule has 0 bridgehead atoms. The van der Waals surface area contributed by atoms with Crippen LogP contribution in [0.25, 0.3) is 0 Å². The maximum Gasteiger partial charge on any atom is 0.251 e. The van der Waals surface area contributed by atoms with E-state index in [1.165, 1.54) is 7.11 Å². The highest BCUT2D eigenvalue weighted by Gasteiger charge is 2.13. The first-order valence-electron chi connectivity index (χ1n) is 7.76. The minimum Gasteiger partial charge on any atom is -0.493 e. The second-order valence-corrected chi connectivity index (χ2v) is 5.52. The van der Waals surface area contributed by atoms with Gasteiger partial charge in [-0.2, -0.15) is 0 Å². The molecule has 0 saturated heterocycles. The molecule has 0 fully saturated rings. The average molecular weight is 329 g/mol. The Kier molecular flexibility index (Phi) is 6.07. The maximum absolute atomic E-state index is 12.3. The third-order valence-electron chi connectivity index (χ3n) is 3.61. The molecule has 0 radical (unpaired) electrons. The molecule has 1 atom stereocenters. The summed E-state index contributed by atoms with van der Waals surface area (Å²) in [5.74, 6) is 1.75. The lowest BCUT2D eigenvalue weighted by molar-refractivity contribution is 0.0926. The Bertz CT molecular complexity index is 700. The number of methoxy groups -OCH3 is 2. The summed E-state index contributed by atoms with van der Waals surface area (Å²) in [6, 6.07) is 12.7. The largest absolute Gasteiger partial charge is 0.493 e. The van der Waals surface area contributed by atoms with Crippen LogP contribution in [0.4, 0.5) is 0 Å². The van der Waals surface area contributed by atoms with Gasteiger partial charge in [-0.15, -0.1) is 0 Å². The number of hydrogen-bond donors (Lipinski definition) is 1. The number of ether oxygens (including phenoxy) is 3. The molecule has 24 heavy (non-hydrogen) atoms. The predicted octanol–water partition coefficient (Wildman–Crippen LogP) is 3.21. The molecule has 2 aromatic rings. The fourth-order valence-electron chi connectivity index (χ4n) is 2.26. The van der Waals surface area contributed by atoms with Crippen molar-refractivity contribution in [2.45, 2.75) is 19.9 Å². The fourth-order valence-corrected chi connectivity index (χ4v) is 2.26. The maximum atomic E-state index is 12.3. The molecule has 0 spiro atoms. The Labute approximate surface area is 142 Å². The van der Waals surface area contributed by atoms with Crippen LogP contribution < -0.4 is 19.5 Å². The topological polar surface area (TPSA) is 56.8 Å². The van der Waals surface area contributed by atoms with Crippen LogP contribution >= 0.6 is 0 Å². The Hall–Kier alpha value is -2.69. The van der Waals surface area contributed by atoms with Gasteiger partial charge in [0.15, 0.2) is 11.5 Å². The van der Waals surface area contributed by atoms with Crippen LogP contribution in [0.15, 0.2) is 42.5 Å². The smallest absolute Gasteiger partial charge is 0.251 e. The molecule has 2 rings (SSSR count). The normalized spacial score (nSPS) is 11.5. The third-order valence-corrected chi connectivity index (χ3v) is 3.61. The number of nitrogens with one attached hydrogen (secondary N) is 1. The van der Waals surface area contributed by atoms with Gasteiger partial charge in [0.25, 0.3) is 5.91 Å². The minimum absolute atomic E-state index is 0.134. The summed E-state index contributed by atoms with van der Waals surface area (Å²) in [5.41, 5.74) is 1.58. The van der Waals surface area contributed by atoms with Gasteiger partial charge in [-0.1, -0.05) is 18.2 Å². The summed E-state index contributed by atoms with van der Waals surface area (Å²) < 4.78 is 16.2. The molecule has 5 nitrogen and oxygen atoms in total. The highest BCUT2D eigenvalue weighted by Crippen LogP contribution is 2.27. The SMILES string of the molecule is COc1ccc(C(=O)NC(C)COc2ccccc2C)cc1OC. The minimum atomic E-state index is -0.183. The first kappa shape index (κ1) is 17.7. The van der Waals surface area contributed by atoms with Crippen LogP contribution in [0, 0.1) is 6.92 Å². The van der Waals surface area contributed by atoms with Gasteiger partial charge >= 0.3 is 0 Å². The molecule has 1 amide bonds. The Morgan fingerprint density at radius 1 is 1.04 bits per heavy atom. The molecular weight excluding hydrogens is 306 g/mol. The number of rotatable bonds is 7. The van der Waals surface area contributed by atoms with Crippen LogP contribution in [-0.4, -0.2) is 32.8 Å². The lowest BCUT2D eigenvalue weighted by Crippen LogP contribution is -2.36. The molecule has 1 N–H and O–H groups in total. The summed E-state index contributed by atoms with van der Waals surface area (Å²) in [7, 11) is 3.10. The Morgan fingerprint density at radius 3 is 2.42 bits per heavy atom. The summed E-state index contributed by atoms with van der Waals surface area (Å²) in [6.07, 6.45) is 0. The monoisotopic (exact) mass is 329 g/mol. The summed E-state index contributed by atoms with van der Waals surface area (Å²) in [4.78, 5) is 12.3. The van der Waals surface area contributed by atoms with Crippen molar-refractivity contribution < 1.29 is 19.0 Å². The van der Waals surface area contributed by atoms with E-state index in [0.717, 1.165) is 11.3 Å². The molecule has 5 heteroatoms. The van der Waals surface area contributed by atoms with Crippen molar-refractivity contribution in [3.05, 3.63) is 53.6 Å². The molecular formula is C19H23NO4. The zero-order valence-electron chi connectivity index (χ0n) is 14.5. The van der Waals surface area contributed by atoms with E-state index in [-0.39, 0.29) is 11.9 Å². The highest BCUT2D eigenvalue weighted by molar-refractivity contribution is 5.95. The van der Waals surface area contributed by atoms with Crippen molar-refractivity contribution in [2.24, 2.45) is 0 Å². The molecule has 0 aliphatic heterocycles. The molecule has 0 aliphatic rings. The number of carbonyl (C=O) groups excluding carboxylic acids is 1. The van der Waals surface area contributed by atoms with Crippen LogP contribution in [0.3, 0.4) is 0 Å². The second-order valence-electron chi connectivity index (χ2n) is 5.52. The summed E-state index contributed by atoms with van der Waals surface area (Å²) in [5, 5.41) is 2.91. The van der Waals surface area contributed by atoms with E-state index in [9.17, 15) is 4.79 Å². The fraction of sp³-hybridized carbons (Fsp3) is 0.316. The van der Waals surface area contributed by atoms with Gasteiger partial charge < -0.3 is 19.5 Å². The first-order chi connectivity index (χ1) is 11.5. The van der Waals surface area contributed by atoms with Crippen LogP contribution in [-0.2, 0) is 0 Å². The lowest BCUT2D eigenvalue weighted by atomic mass is 10.1. The van der Waals surface area contributed by atoms with Gasteiger partial charge in [0, 0.05) is 5.56 Å². The number of para-hydroxylation sites is 1. The third kappa shape index (κ3) is 4.41. The Balaban J connectivity index is 1.95. The molecule has 0 aromatic heterocycles. The molecule has 2 aromatic carbocycles. The molecule has 0 saturated carbocycles. The number of hydrogen-bond acceptors (Lipinski definition) is 4. The predicted molar refractivity (Wildman–Crippen MR) is 93.1 cm³/mol. The van der Waals surface area contributed by atoms with Crippen molar-refractivity contribution in [1.29, 1.82) is 0 Å². The van der Waals surface area contributed by atoms with E-state index in [1.807, 2.05) is 38.1 Å². The Morgan fingerprint density at radius 2 is 1.75 bits per heavy atom. The highest BCUT2D eigenvalue weighted by atomic mass is 16.5. The molecule has 128 valence electrons. The average Bonchev–Trinajstić information content (AvgIpc) is 2.60. The van der Waals surface area contributed by atoms with E-state index in [0.29, 0.717) is 23.7 Å². The van der Waals surface area contributed by atoms with Gasteiger partial charge in [-0.3, -0.25) is 4.79 Å². The first-order valence-corrected chi connectivity index (χ1v) is 7.76. The number of carbonyl (C=O) groups is 1. The van der Waals surface area contributed by atoms with Gasteiger partial charge in [0.1, 0.15) is 12.4 Å². The molecule has 0 heterocycles. The van der Waals surface area contributed by atoms with Gasteiger partial charge in [-0.05, 0) is 43.7 Å². The second kappa shape index (κ2) is 8.24. The van der Waals surface area contributed by atoms with Gasteiger partial charge in [0.2, 0.25) is 0 Å². The molecule has 0 aliphatic carbocycles. The van der Waals surface area contributed by atoms with Crippen LogP contribution in [0.1, 0.15) is 22.8 Å². The van der Waals surface area contributed by atoms with E-state index in [4.69, 9.17) is 14.2 Å². The van der Waals surface area contributed by atoms with Crippen molar-refractivity contribution in [3.63, 3.8) is 0 Å². The summed E-state index contributed by atoms with van der Waals surface area (Å²) in [6.45, 7) is 4.28. The quantitative estimate of drug-likeness (QED) is 0.847. The molecule has 1 unspecified atom stereocenters. The van der Waals surface area contributed by atoms with E-state index >= 15 is 0 Å². The van der Waals surface area contributed by atoms with E-state index in [2.05, 4.69) is 5.32 Å². The number of benzene rings is 2. The van der Waals surface area contributed by atoms with Crippen LogP contribution in [0.2, 0.25) is 0 Å². The van der Waals surface area contributed by atoms with Crippen molar-refractivity contribution in [1.82, 2.24) is 5.32 Å². The van der Waals surface area contributed by atoms with Crippen molar-refractivity contribution >= 4 is 5.91 Å². The lowest BCUT2D eigenvalue weighted by Gasteiger charge is -2.16. The zero-order chi connectivity index (χ0) is 17.5. The standard InChI is InChI=1S/C19H23NO4/c1-13-7-5-6-8-16(13)24-12-14(2)20-19(21)15-9-10-17(22-3)18(11-15)23-4/h5-11,14H,12H2,1-4H3,(H,20,21). The number of amides is 1. The van der Waals surface area contributed by atoms with E-state index in [1.54, 1.807) is 25.3 Å². The van der Waals surface area contributed by atoms with Crippen molar-refractivity contribution in [3.8, 4) is 17.2 Å². The summed E-state index contributed by atoms with van der Waals surface area (Å²) >= 11 is 0. The van der Waals surface area contributed by atoms with Gasteiger partial charge in [0.05, 0.1) is 20.3 Å². The zero-order valence-corrected chi connectivity index (χ0v) is 14.5. The van der Waals surface area contributed by atoms with Gasteiger partial charge in [-0.25, -0.2) is 0 Å². The van der Waals surface area contributed by atoms with Crippen LogP contribution in [0.5, 0.6) is 17.2 Å². The van der Waals surface area contributed by atoms with E-state index < -0.39 is 0 Å². The number of aryl methyl sites for hydroxylation is 1. The van der Waals surface area contributed by atoms with Crippen molar-refractivity contribution in [2.75, 3.05) is 20.8 Å².